The fraction of sp³-hybridized carbons (Fsp3) is 0.390. The zero-order valence-electron chi connectivity index (χ0n) is 31.2. The predicted molar refractivity (Wildman–Crippen MR) is 200 cm³/mol. The van der Waals surface area contributed by atoms with Gasteiger partial charge in [0.1, 0.15) is 29.6 Å². The summed E-state index contributed by atoms with van der Waals surface area (Å²) >= 11 is 0. The van der Waals surface area contributed by atoms with Crippen LogP contribution in [0.25, 0.3) is 22.0 Å². The molecule has 5 atom stereocenters. The maximum Gasteiger partial charge on any atom is 0.435 e. The second-order valence-electron chi connectivity index (χ2n) is 15.6. The molecule has 8 rings (SSSR count). The highest BCUT2D eigenvalue weighted by Gasteiger charge is 2.68. The van der Waals surface area contributed by atoms with Crippen molar-refractivity contribution >= 4 is 32.1 Å². The number of benzene rings is 2. The van der Waals surface area contributed by atoms with Crippen LogP contribution in [0.3, 0.4) is 0 Å². The van der Waals surface area contributed by atoms with Gasteiger partial charge in [-0.15, -0.1) is 0 Å². The predicted octanol–water partition coefficient (Wildman–Crippen LogP) is 6.67. The van der Waals surface area contributed by atoms with Gasteiger partial charge in [0.05, 0.1) is 35.9 Å². The Bertz CT molecular complexity index is 2650. The van der Waals surface area contributed by atoms with Gasteiger partial charge >= 0.3 is 6.18 Å². The highest BCUT2D eigenvalue weighted by Crippen LogP contribution is 2.68. The van der Waals surface area contributed by atoms with Gasteiger partial charge < -0.3 is 9.84 Å². The van der Waals surface area contributed by atoms with E-state index in [0.29, 0.717) is 38.5 Å². The number of carbonyl (C=O) groups is 1. The highest BCUT2D eigenvalue weighted by molar-refractivity contribution is 7.98. The molecule has 1 saturated carbocycles. The van der Waals surface area contributed by atoms with Crippen molar-refractivity contribution in [3.63, 3.8) is 0 Å². The molecule has 3 aliphatic rings. The Hall–Kier alpha value is -5.05. The Kier molecular flexibility index (Phi) is 9.64. The van der Waals surface area contributed by atoms with Gasteiger partial charge in [-0.05, 0) is 69.9 Å². The molecule has 2 unspecified atom stereocenters. The standard InChI is InChI=1S/C41H36F7N5O4S/c1-52-36-29(5-4-6-30(36)33(50-52)20-58(2,3)56)28-8-7-26(9-10-39(55)11-12-57-21-39)49-35(28)23(13-22-14-24(42)17-25(43)15-22)16-27(54)19-53-38-34(37(51-53)41(46,47)48)31-18-32(31)40(38,44)45/h4-8,14-15,17,23,31-32,55H,2,11-13,16,18-21H2,1,3H3/t23-,31+,32-,39?,58?/m1/s1. The number of rotatable bonds is 10. The van der Waals surface area contributed by atoms with Crippen molar-refractivity contribution in [1.29, 1.82) is 0 Å². The Balaban J connectivity index is 1.26. The molecule has 2 aliphatic carbocycles. The average molecular weight is 828 g/mol. The first-order chi connectivity index (χ1) is 27.2. The van der Waals surface area contributed by atoms with Crippen molar-refractivity contribution in [2.24, 2.45) is 13.0 Å². The molecule has 17 heteroatoms. The van der Waals surface area contributed by atoms with Crippen LogP contribution < -0.4 is 0 Å². The van der Waals surface area contributed by atoms with E-state index in [1.165, 1.54) is 6.26 Å². The number of carbonyl (C=O) groups excluding carboxylic acids is 1. The van der Waals surface area contributed by atoms with Gasteiger partial charge in [0.25, 0.3) is 5.92 Å². The van der Waals surface area contributed by atoms with Gasteiger partial charge in [0.15, 0.2) is 17.1 Å². The molecule has 1 aliphatic heterocycles. The van der Waals surface area contributed by atoms with Gasteiger partial charge in [0, 0.05) is 66.1 Å². The lowest BCUT2D eigenvalue weighted by Crippen LogP contribution is -2.26. The van der Waals surface area contributed by atoms with E-state index in [1.54, 1.807) is 42.1 Å². The second kappa shape index (κ2) is 14.1. The van der Waals surface area contributed by atoms with Gasteiger partial charge in [-0.25, -0.2) is 13.8 Å². The van der Waals surface area contributed by atoms with E-state index in [9.17, 15) is 36.1 Å². The number of Topliss-reactive ketones (excluding diaryl/α,β-unsaturated/α-hetero) is 1. The number of alkyl halides is 5. The lowest BCUT2D eigenvalue weighted by atomic mass is 9.86. The fourth-order valence-corrected chi connectivity index (χ4v) is 9.11. The molecule has 3 aromatic heterocycles. The third-order valence-electron chi connectivity index (χ3n) is 10.8. The van der Waals surface area contributed by atoms with Crippen LogP contribution in [0.5, 0.6) is 0 Å². The minimum Gasteiger partial charge on any atom is -0.377 e. The monoisotopic (exact) mass is 827 g/mol. The molecular weight excluding hydrogens is 792 g/mol. The van der Waals surface area contributed by atoms with Crippen molar-refractivity contribution in [2.75, 3.05) is 19.5 Å². The minimum atomic E-state index is -5.04. The van der Waals surface area contributed by atoms with E-state index in [1.807, 2.05) is 0 Å². The second-order valence-corrected chi connectivity index (χ2v) is 18.2. The molecule has 2 aromatic carbocycles. The topological polar surface area (TPSA) is 112 Å². The Labute approximate surface area is 328 Å². The molecule has 4 heterocycles. The SMILES string of the molecule is C=S(C)(=O)Cc1nn(C)c2c(-c3ccc(C#CC4(O)CCOC4)nc3[C@@H](CC(=O)Cn3nc(C(F)(F)F)c4c3C(F)(F)[C@@H]3C[C@H]43)Cc3cc(F)cc(F)c3)cccc12. The van der Waals surface area contributed by atoms with Crippen LogP contribution in [0.2, 0.25) is 0 Å². The Morgan fingerprint density at radius 3 is 2.53 bits per heavy atom. The lowest BCUT2D eigenvalue weighted by molar-refractivity contribution is -0.142. The van der Waals surface area contributed by atoms with Crippen LogP contribution in [-0.2, 0) is 56.9 Å². The summed E-state index contributed by atoms with van der Waals surface area (Å²) in [6, 6.07) is 11.3. The number of nitrogens with zero attached hydrogens (tertiary/aromatic N) is 5. The molecular formula is C41H36F7N5O4S. The zero-order valence-corrected chi connectivity index (χ0v) is 32.0. The molecule has 0 amide bonds. The van der Waals surface area contributed by atoms with Crippen molar-refractivity contribution in [3.8, 4) is 23.0 Å². The van der Waals surface area contributed by atoms with E-state index in [2.05, 4.69) is 27.9 Å². The number of hydrogen-bond donors (Lipinski definition) is 1. The number of ketones is 1. The number of fused-ring (bicyclic) bond motifs is 4. The largest absolute Gasteiger partial charge is 0.435 e. The summed E-state index contributed by atoms with van der Waals surface area (Å²) in [5, 5.41) is 19.6. The molecule has 9 nitrogen and oxygen atoms in total. The summed E-state index contributed by atoms with van der Waals surface area (Å²) in [5.74, 6) is -0.169. The third-order valence-corrected chi connectivity index (χ3v) is 11.7. The molecule has 58 heavy (non-hydrogen) atoms. The first-order valence-electron chi connectivity index (χ1n) is 18.3. The molecule has 1 N–H and O–H groups in total. The van der Waals surface area contributed by atoms with Crippen LogP contribution in [0.4, 0.5) is 30.7 Å². The smallest absolute Gasteiger partial charge is 0.377 e. The number of hydrogen-bond acceptors (Lipinski definition) is 7. The average Bonchev–Trinajstić information content (AvgIpc) is 3.36. The van der Waals surface area contributed by atoms with Crippen LogP contribution in [0.15, 0.2) is 48.5 Å². The maximum atomic E-state index is 15.4. The van der Waals surface area contributed by atoms with Crippen LogP contribution in [-0.4, -0.2) is 70.6 Å². The van der Waals surface area contributed by atoms with E-state index >= 15 is 8.78 Å². The maximum absolute atomic E-state index is 15.4. The summed E-state index contributed by atoms with van der Waals surface area (Å²) in [6.07, 6.45) is -4.18. The molecule has 0 bridgehead atoms. The normalized spacial score (nSPS) is 22.2. The number of aliphatic hydroxyl groups is 1. The number of para-hydroxylation sites is 1. The van der Waals surface area contributed by atoms with Gasteiger partial charge in [-0.1, -0.05) is 24.1 Å². The van der Waals surface area contributed by atoms with E-state index in [4.69, 9.17) is 9.72 Å². The number of aryl methyl sites for hydroxylation is 1. The Morgan fingerprint density at radius 2 is 1.86 bits per heavy atom. The third kappa shape index (κ3) is 7.53. The summed E-state index contributed by atoms with van der Waals surface area (Å²) in [6.45, 7) is -0.694. The van der Waals surface area contributed by atoms with Crippen molar-refractivity contribution < 1.29 is 49.6 Å². The highest BCUT2D eigenvalue weighted by atomic mass is 32.2. The number of halogens is 7. The first-order valence-corrected chi connectivity index (χ1v) is 20.6. The minimum absolute atomic E-state index is 0.0385. The summed E-state index contributed by atoms with van der Waals surface area (Å²) < 4.78 is 122. The quantitative estimate of drug-likeness (QED) is 0.0952. The molecule has 5 aromatic rings. The first kappa shape index (κ1) is 39.8. The summed E-state index contributed by atoms with van der Waals surface area (Å²) in [5.41, 5.74) is -1.96. The molecule has 0 radical (unpaired) electrons. The van der Waals surface area contributed by atoms with Crippen molar-refractivity contribution in [3.05, 3.63) is 99.8 Å². The Morgan fingerprint density at radius 1 is 1.12 bits per heavy atom. The van der Waals surface area contributed by atoms with E-state index < -0.39 is 92.3 Å². The number of pyridine rings is 1. The van der Waals surface area contributed by atoms with Gasteiger partial charge in [-0.2, -0.15) is 32.1 Å². The van der Waals surface area contributed by atoms with E-state index in [0.717, 1.165) is 12.1 Å². The van der Waals surface area contributed by atoms with Crippen LogP contribution >= 0.6 is 0 Å². The lowest BCUT2D eigenvalue weighted by Gasteiger charge is -2.21. The van der Waals surface area contributed by atoms with Crippen LogP contribution in [0.1, 0.15) is 70.7 Å². The summed E-state index contributed by atoms with van der Waals surface area (Å²) in [7, 11) is -0.844. The van der Waals surface area contributed by atoms with Crippen molar-refractivity contribution in [2.45, 2.75) is 67.5 Å². The molecule has 1 saturated heterocycles. The van der Waals surface area contributed by atoms with Crippen LogP contribution in [0, 0.1) is 29.4 Å². The van der Waals surface area contributed by atoms with Crippen molar-refractivity contribution in [1.82, 2.24) is 24.5 Å². The summed E-state index contributed by atoms with van der Waals surface area (Å²) in [4.78, 5) is 18.9. The van der Waals surface area contributed by atoms with Gasteiger partial charge in [-0.3, -0.25) is 18.4 Å². The number of aromatic nitrogens is 5. The van der Waals surface area contributed by atoms with Gasteiger partial charge in [0.2, 0.25) is 0 Å². The molecule has 304 valence electrons. The molecule has 0 spiro atoms. The van der Waals surface area contributed by atoms with E-state index in [-0.39, 0.29) is 55.2 Å². The zero-order chi connectivity index (χ0) is 41.5. The number of ether oxygens (including phenoxy) is 1. The molecule has 2 fully saturated rings. The fourth-order valence-electron chi connectivity index (χ4n) is 8.32.